The van der Waals surface area contributed by atoms with Gasteiger partial charge in [0.25, 0.3) is 5.91 Å². The maximum absolute atomic E-state index is 13.1. The van der Waals surface area contributed by atoms with Gasteiger partial charge < -0.3 is 10.3 Å². The number of hydrogen-bond acceptors (Lipinski definition) is 1. The van der Waals surface area contributed by atoms with Gasteiger partial charge in [-0.2, -0.15) is 26.3 Å². The maximum Gasteiger partial charge on any atom is 0.416 e. The van der Waals surface area contributed by atoms with E-state index in [4.69, 9.17) is 5.73 Å². The van der Waals surface area contributed by atoms with Crippen LogP contribution in [-0.2, 0) is 12.4 Å². The molecule has 0 spiro atoms. The summed E-state index contributed by atoms with van der Waals surface area (Å²) < 4.78 is 79.9. The van der Waals surface area contributed by atoms with Gasteiger partial charge in [0.1, 0.15) is 0 Å². The molecule has 2 N–H and O–H groups in total. The number of nitrogens with zero attached hydrogens (tertiary/aromatic N) is 1. The lowest BCUT2D eigenvalue weighted by Gasteiger charge is -2.18. The minimum atomic E-state index is -4.95. The van der Waals surface area contributed by atoms with Gasteiger partial charge in [0.2, 0.25) is 0 Å². The van der Waals surface area contributed by atoms with Crippen LogP contribution in [-0.4, -0.2) is 10.5 Å². The van der Waals surface area contributed by atoms with Gasteiger partial charge in [0.15, 0.2) is 0 Å². The molecule has 0 aliphatic heterocycles. The summed E-state index contributed by atoms with van der Waals surface area (Å²) in [5.41, 5.74) is 2.60. The average molecular weight is 378 g/mol. The van der Waals surface area contributed by atoms with E-state index in [1.807, 2.05) is 0 Å². The van der Waals surface area contributed by atoms with Crippen LogP contribution in [0.3, 0.4) is 0 Å². The predicted molar refractivity (Wildman–Crippen MR) is 83.5 cm³/mol. The Morgan fingerprint density at radius 3 is 1.77 bits per heavy atom. The van der Waals surface area contributed by atoms with Crippen LogP contribution in [0.25, 0.3) is 11.3 Å². The Hall–Kier alpha value is -2.45. The molecule has 0 saturated heterocycles. The van der Waals surface area contributed by atoms with Gasteiger partial charge in [0, 0.05) is 17.4 Å². The van der Waals surface area contributed by atoms with Crippen molar-refractivity contribution in [3.63, 3.8) is 0 Å². The molecule has 0 saturated carbocycles. The summed E-state index contributed by atoms with van der Waals surface area (Å²) in [6, 6.07) is 2.23. The van der Waals surface area contributed by atoms with Crippen LogP contribution in [0, 0.1) is 6.92 Å². The third-order valence-electron chi connectivity index (χ3n) is 3.96. The highest BCUT2D eigenvalue weighted by Gasteiger charge is 2.37. The van der Waals surface area contributed by atoms with Crippen LogP contribution in [0.5, 0.6) is 0 Å². The molecule has 2 rings (SSSR count). The number of carbonyl (C=O) groups is 1. The second-order valence-electron chi connectivity index (χ2n) is 6.15. The van der Waals surface area contributed by atoms with Crippen molar-refractivity contribution >= 4 is 5.91 Å². The van der Waals surface area contributed by atoms with E-state index >= 15 is 0 Å². The highest BCUT2D eigenvalue weighted by atomic mass is 19.4. The molecule has 3 nitrogen and oxygen atoms in total. The number of amides is 1. The highest BCUT2D eigenvalue weighted by molar-refractivity contribution is 5.95. The number of benzene rings is 1. The summed E-state index contributed by atoms with van der Waals surface area (Å²) in [6.45, 7) is 4.92. The van der Waals surface area contributed by atoms with E-state index in [9.17, 15) is 31.1 Å². The number of hydrogen-bond donors (Lipinski definition) is 1. The van der Waals surface area contributed by atoms with Gasteiger partial charge >= 0.3 is 12.4 Å². The molecular weight excluding hydrogens is 362 g/mol. The van der Waals surface area contributed by atoms with Crippen molar-refractivity contribution in [3.8, 4) is 11.3 Å². The molecule has 0 atom stereocenters. The molecule has 0 aliphatic carbocycles. The molecule has 142 valence electrons. The summed E-state index contributed by atoms with van der Waals surface area (Å²) in [6.07, 6.45) is -9.90. The second-order valence-corrected chi connectivity index (χ2v) is 6.15. The summed E-state index contributed by atoms with van der Waals surface area (Å²) >= 11 is 0. The van der Waals surface area contributed by atoms with Crippen molar-refractivity contribution in [2.45, 2.75) is 39.2 Å². The molecule has 1 heterocycles. The zero-order chi connectivity index (χ0) is 20.0. The zero-order valence-corrected chi connectivity index (χ0v) is 14.1. The summed E-state index contributed by atoms with van der Waals surface area (Å²) in [7, 11) is 0. The Labute approximate surface area is 145 Å². The first-order chi connectivity index (χ1) is 11.7. The third kappa shape index (κ3) is 3.71. The molecule has 1 aromatic heterocycles. The van der Waals surface area contributed by atoms with Crippen molar-refractivity contribution in [2.24, 2.45) is 5.73 Å². The Kier molecular flexibility index (Phi) is 4.87. The number of nitrogens with two attached hydrogens (primary N) is 1. The molecule has 1 aromatic carbocycles. The molecule has 26 heavy (non-hydrogen) atoms. The molecule has 9 heteroatoms. The average Bonchev–Trinajstić information content (AvgIpc) is 2.82. The van der Waals surface area contributed by atoms with Gasteiger partial charge in [-0.05, 0) is 50.6 Å². The van der Waals surface area contributed by atoms with Crippen LogP contribution < -0.4 is 5.73 Å². The fourth-order valence-electron chi connectivity index (χ4n) is 2.86. The van der Waals surface area contributed by atoms with Gasteiger partial charge in [0.05, 0.1) is 16.7 Å². The summed E-state index contributed by atoms with van der Waals surface area (Å²) in [5.74, 6) is -0.814. The highest BCUT2D eigenvalue weighted by Crippen LogP contribution is 2.39. The van der Waals surface area contributed by atoms with Crippen LogP contribution in [0.4, 0.5) is 26.3 Å². The Bertz CT molecular complexity index is 814. The number of alkyl halides is 6. The van der Waals surface area contributed by atoms with Gasteiger partial charge in [-0.1, -0.05) is 0 Å². The van der Waals surface area contributed by atoms with Crippen molar-refractivity contribution in [3.05, 3.63) is 46.6 Å². The van der Waals surface area contributed by atoms with Crippen molar-refractivity contribution in [2.75, 3.05) is 0 Å². The molecule has 0 unspecified atom stereocenters. The molecule has 0 bridgehead atoms. The lowest BCUT2D eigenvalue weighted by molar-refractivity contribution is -0.143. The SMILES string of the molecule is Cc1c(C(N)=O)cc(-c2cc(C(F)(F)F)cc(C(F)(F)F)c2)n1C(C)C. The zero-order valence-electron chi connectivity index (χ0n) is 14.1. The van der Waals surface area contributed by atoms with E-state index in [-0.39, 0.29) is 28.9 Å². The maximum atomic E-state index is 13.1. The molecule has 0 fully saturated rings. The predicted octanol–water partition coefficient (Wildman–Crippen LogP) is 5.18. The van der Waals surface area contributed by atoms with Crippen molar-refractivity contribution < 1.29 is 31.1 Å². The summed E-state index contributed by atoms with van der Waals surface area (Å²) in [4.78, 5) is 11.5. The van der Waals surface area contributed by atoms with Crippen LogP contribution in [0.2, 0.25) is 0 Å². The molecular formula is C17H16F6N2O. The fraction of sp³-hybridized carbons (Fsp3) is 0.353. The number of aromatic nitrogens is 1. The number of primary amides is 1. The largest absolute Gasteiger partial charge is 0.416 e. The summed E-state index contributed by atoms with van der Waals surface area (Å²) in [5, 5.41) is 0. The Morgan fingerprint density at radius 1 is 0.962 bits per heavy atom. The first-order valence-electron chi connectivity index (χ1n) is 7.55. The normalized spacial score (nSPS) is 12.7. The molecule has 0 radical (unpaired) electrons. The molecule has 2 aromatic rings. The minimum Gasteiger partial charge on any atom is -0.366 e. The van der Waals surface area contributed by atoms with E-state index < -0.39 is 29.4 Å². The standard InChI is InChI=1S/C17H16F6N2O/c1-8(2)25-9(3)13(15(24)26)7-14(25)10-4-11(16(18,19)20)6-12(5-10)17(21,22)23/h4-8H,1-3H3,(H2,24,26). The quantitative estimate of drug-likeness (QED) is 0.735. The van der Waals surface area contributed by atoms with Gasteiger partial charge in [-0.25, -0.2) is 0 Å². The third-order valence-corrected chi connectivity index (χ3v) is 3.96. The van der Waals surface area contributed by atoms with E-state index in [2.05, 4.69) is 0 Å². The van der Waals surface area contributed by atoms with Crippen molar-refractivity contribution in [1.29, 1.82) is 0 Å². The smallest absolute Gasteiger partial charge is 0.366 e. The lowest BCUT2D eigenvalue weighted by Crippen LogP contribution is -2.13. The number of rotatable bonds is 3. The topological polar surface area (TPSA) is 48.0 Å². The fourth-order valence-corrected chi connectivity index (χ4v) is 2.86. The monoisotopic (exact) mass is 378 g/mol. The van der Waals surface area contributed by atoms with Crippen molar-refractivity contribution in [1.82, 2.24) is 4.57 Å². The van der Waals surface area contributed by atoms with E-state index in [0.29, 0.717) is 17.8 Å². The Balaban J connectivity index is 2.84. The molecule has 0 aliphatic rings. The van der Waals surface area contributed by atoms with Gasteiger partial charge in [-0.15, -0.1) is 0 Å². The Morgan fingerprint density at radius 2 is 1.42 bits per heavy atom. The second kappa shape index (κ2) is 6.37. The van der Waals surface area contributed by atoms with E-state index in [1.54, 1.807) is 13.8 Å². The molecule has 1 amide bonds. The number of halogens is 6. The van der Waals surface area contributed by atoms with Gasteiger partial charge in [-0.3, -0.25) is 4.79 Å². The van der Waals surface area contributed by atoms with Crippen LogP contribution in [0.1, 0.15) is 47.1 Å². The van der Waals surface area contributed by atoms with E-state index in [1.165, 1.54) is 17.6 Å². The number of carbonyl (C=O) groups excluding carboxylic acids is 1. The first-order valence-corrected chi connectivity index (χ1v) is 7.55. The van der Waals surface area contributed by atoms with E-state index in [0.717, 1.165) is 0 Å². The van der Waals surface area contributed by atoms with Crippen LogP contribution in [0.15, 0.2) is 24.3 Å². The van der Waals surface area contributed by atoms with Crippen LogP contribution >= 0.6 is 0 Å². The minimum absolute atomic E-state index is 0.0414. The first kappa shape index (κ1) is 19.9. The lowest BCUT2D eigenvalue weighted by atomic mass is 10.0.